The Kier molecular flexibility index (Phi) is 2.57. The number of hydrogen-bond donors (Lipinski definition) is 1. The van der Waals surface area contributed by atoms with Crippen LogP contribution in [0.15, 0.2) is 43.0 Å². The van der Waals surface area contributed by atoms with Crippen LogP contribution in [0, 0.1) is 0 Å². The molecular weight excluding hydrogens is 226 g/mol. The van der Waals surface area contributed by atoms with Gasteiger partial charge in [-0.3, -0.25) is 9.97 Å². The van der Waals surface area contributed by atoms with Crippen molar-refractivity contribution >= 4 is 16.7 Å². The largest absolute Gasteiger partial charge is 0.373 e. The highest BCUT2D eigenvalue weighted by atomic mass is 15.0. The van der Waals surface area contributed by atoms with Gasteiger partial charge in [-0.1, -0.05) is 0 Å². The minimum absolute atomic E-state index is 0.669. The highest BCUT2D eigenvalue weighted by Crippen LogP contribution is 2.23. The van der Waals surface area contributed by atoms with E-state index < -0.39 is 0 Å². The topological polar surface area (TPSA) is 63.6 Å². The van der Waals surface area contributed by atoms with Crippen LogP contribution in [0.4, 0.5) is 5.82 Å². The van der Waals surface area contributed by atoms with Crippen molar-refractivity contribution in [2.24, 2.45) is 0 Å². The van der Waals surface area contributed by atoms with Gasteiger partial charge in [-0.15, -0.1) is 0 Å². The molecule has 0 aromatic carbocycles. The zero-order chi connectivity index (χ0) is 12.4. The molecule has 0 radical (unpaired) electrons. The van der Waals surface area contributed by atoms with Crippen LogP contribution in [0.3, 0.4) is 0 Å². The minimum Gasteiger partial charge on any atom is -0.373 e. The normalized spacial score (nSPS) is 10.5. The molecule has 0 saturated carbocycles. The van der Waals surface area contributed by atoms with E-state index in [-0.39, 0.29) is 0 Å². The average molecular weight is 237 g/mol. The van der Waals surface area contributed by atoms with Crippen molar-refractivity contribution in [1.29, 1.82) is 0 Å². The lowest BCUT2D eigenvalue weighted by molar-refractivity contribution is 1.19. The minimum atomic E-state index is 0.669. The Morgan fingerprint density at radius 2 is 1.72 bits per heavy atom. The Bertz CT molecular complexity index is 681. The third-order valence-corrected chi connectivity index (χ3v) is 2.67. The highest BCUT2D eigenvalue weighted by Gasteiger charge is 2.07. The third kappa shape index (κ3) is 1.75. The van der Waals surface area contributed by atoms with Gasteiger partial charge in [0, 0.05) is 36.6 Å². The molecule has 18 heavy (non-hydrogen) atoms. The maximum atomic E-state index is 4.51. The zero-order valence-corrected chi connectivity index (χ0v) is 9.83. The van der Waals surface area contributed by atoms with Gasteiger partial charge < -0.3 is 5.32 Å². The molecule has 3 rings (SSSR count). The van der Waals surface area contributed by atoms with Crippen LogP contribution in [-0.4, -0.2) is 27.0 Å². The van der Waals surface area contributed by atoms with Crippen molar-refractivity contribution in [2.45, 2.75) is 0 Å². The smallest absolute Gasteiger partial charge is 0.162 e. The third-order valence-electron chi connectivity index (χ3n) is 2.67. The number of nitrogens with one attached hydrogen (secondary N) is 1. The van der Waals surface area contributed by atoms with Crippen LogP contribution in [0.25, 0.3) is 22.3 Å². The predicted molar refractivity (Wildman–Crippen MR) is 70.1 cm³/mol. The van der Waals surface area contributed by atoms with Gasteiger partial charge >= 0.3 is 0 Å². The van der Waals surface area contributed by atoms with Crippen molar-refractivity contribution in [3.05, 3.63) is 43.0 Å². The first-order chi connectivity index (χ1) is 8.88. The summed E-state index contributed by atoms with van der Waals surface area (Å²) >= 11 is 0. The van der Waals surface area contributed by atoms with Crippen LogP contribution in [0.2, 0.25) is 0 Å². The molecule has 0 aliphatic carbocycles. The van der Waals surface area contributed by atoms with Crippen molar-refractivity contribution in [3.63, 3.8) is 0 Å². The Balaban J connectivity index is 2.26. The summed E-state index contributed by atoms with van der Waals surface area (Å²) < 4.78 is 0. The number of hydrogen-bond acceptors (Lipinski definition) is 5. The summed E-state index contributed by atoms with van der Waals surface area (Å²) in [5, 5.41) is 4.05. The van der Waals surface area contributed by atoms with Crippen LogP contribution < -0.4 is 5.32 Å². The molecule has 3 aromatic rings. The summed E-state index contributed by atoms with van der Waals surface area (Å²) in [6, 6.07) is 5.67. The van der Waals surface area contributed by atoms with E-state index in [1.807, 2.05) is 25.2 Å². The second-order valence-corrected chi connectivity index (χ2v) is 3.77. The van der Waals surface area contributed by atoms with Crippen LogP contribution >= 0.6 is 0 Å². The molecule has 0 aliphatic rings. The molecule has 5 nitrogen and oxygen atoms in total. The number of anilines is 1. The molecule has 3 heterocycles. The Morgan fingerprint density at radius 1 is 0.944 bits per heavy atom. The van der Waals surface area contributed by atoms with Crippen molar-refractivity contribution in [1.82, 2.24) is 19.9 Å². The Hall–Kier alpha value is -2.56. The lowest BCUT2D eigenvalue weighted by Gasteiger charge is -2.07. The molecule has 0 fully saturated rings. The van der Waals surface area contributed by atoms with Gasteiger partial charge in [-0.25, -0.2) is 9.97 Å². The summed E-state index contributed by atoms with van der Waals surface area (Å²) in [4.78, 5) is 17.1. The fourth-order valence-corrected chi connectivity index (χ4v) is 1.80. The number of aromatic nitrogens is 4. The Morgan fingerprint density at radius 3 is 2.50 bits per heavy atom. The maximum absolute atomic E-state index is 4.51. The van der Waals surface area contributed by atoms with E-state index in [1.165, 1.54) is 0 Å². The first-order valence-corrected chi connectivity index (χ1v) is 5.58. The lowest BCUT2D eigenvalue weighted by Crippen LogP contribution is -1.99. The second kappa shape index (κ2) is 4.37. The standard InChI is InChI=1S/C13H11N5/c1-14-13-10-4-7-16-8-11(10)17-12(18-13)9-2-5-15-6-3-9/h2-8H,1H3,(H,14,17,18). The van der Waals surface area contributed by atoms with E-state index in [1.54, 1.807) is 24.8 Å². The van der Waals surface area contributed by atoms with Crippen molar-refractivity contribution in [3.8, 4) is 11.4 Å². The van der Waals surface area contributed by atoms with Gasteiger partial charge in [0.15, 0.2) is 5.82 Å². The molecule has 1 N–H and O–H groups in total. The first kappa shape index (κ1) is 10.6. The highest BCUT2D eigenvalue weighted by molar-refractivity contribution is 5.89. The lowest BCUT2D eigenvalue weighted by atomic mass is 10.2. The molecule has 0 spiro atoms. The molecular formula is C13H11N5. The quantitative estimate of drug-likeness (QED) is 0.739. The molecule has 0 aliphatic heterocycles. The monoisotopic (exact) mass is 237 g/mol. The van der Waals surface area contributed by atoms with Gasteiger partial charge in [-0.05, 0) is 18.2 Å². The zero-order valence-electron chi connectivity index (χ0n) is 9.83. The summed E-state index contributed by atoms with van der Waals surface area (Å²) in [6.07, 6.45) is 6.93. The molecule has 0 amide bonds. The number of rotatable bonds is 2. The first-order valence-electron chi connectivity index (χ1n) is 5.58. The average Bonchev–Trinajstić information content (AvgIpc) is 2.47. The SMILES string of the molecule is CNc1nc(-c2ccncc2)nc2cnccc12. The number of nitrogens with zero attached hydrogens (tertiary/aromatic N) is 4. The molecule has 0 unspecified atom stereocenters. The van der Waals surface area contributed by atoms with Crippen molar-refractivity contribution in [2.75, 3.05) is 12.4 Å². The molecule has 3 aromatic heterocycles. The summed E-state index contributed by atoms with van der Waals surface area (Å²) in [5.74, 6) is 1.47. The van der Waals surface area contributed by atoms with E-state index >= 15 is 0 Å². The fourth-order valence-electron chi connectivity index (χ4n) is 1.80. The van der Waals surface area contributed by atoms with E-state index in [9.17, 15) is 0 Å². The summed E-state index contributed by atoms with van der Waals surface area (Å²) in [7, 11) is 1.85. The number of fused-ring (bicyclic) bond motifs is 1. The fraction of sp³-hybridized carbons (Fsp3) is 0.0769. The van der Waals surface area contributed by atoms with E-state index in [0.717, 1.165) is 22.3 Å². The van der Waals surface area contributed by atoms with Gasteiger partial charge in [0.1, 0.15) is 5.82 Å². The predicted octanol–water partition coefficient (Wildman–Crippen LogP) is 2.13. The van der Waals surface area contributed by atoms with Crippen LogP contribution in [0.1, 0.15) is 0 Å². The van der Waals surface area contributed by atoms with Gasteiger partial charge in [-0.2, -0.15) is 0 Å². The van der Waals surface area contributed by atoms with Gasteiger partial charge in [0.05, 0.1) is 11.7 Å². The maximum Gasteiger partial charge on any atom is 0.162 e. The van der Waals surface area contributed by atoms with E-state index in [0.29, 0.717) is 5.82 Å². The second-order valence-electron chi connectivity index (χ2n) is 3.77. The van der Waals surface area contributed by atoms with Gasteiger partial charge in [0.25, 0.3) is 0 Å². The summed E-state index contributed by atoms with van der Waals surface area (Å²) in [5.41, 5.74) is 1.76. The van der Waals surface area contributed by atoms with Crippen LogP contribution in [-0.2, 0) is 0 Å². The molecule has 0 saturated heterocycles. The van der Waals surface area contributed by atoms with Crippen molar-refractivity contribution < 1.29 is 0 Å². The molecule has 0 atom stereocenters. The van der Waals surface area contributed by atoms with E-state index in [4.69, 9.17) is 0 Å². The Labute approximate surface area is 104 Å². The molecule has 5 heteroatoms. The summed E-state index contributed by atoms with van der Waals surface area (Å²) in [6.45, 7) is 0. The van der Waals surface area contributed by atoms with Crippen LogP contribution in [0.5, 0.6) is 0 Å². The molecule has 88 valence electrons. The number of pyridine rings is 2. The van der Waals surface area contributed by atoms with Gasteiger partial charge in [0.2, 0.25) is 0 Å². The molecule has 0 bridgehead atoms. The van der Waals surface area contributed by atoms with E-state index in [2.05, 4.69) is 25.3 Å².